The summed E-state index contributed by atoms with van der Waals surface area (Å²) in [6.07, 6.45) is 0. The summed E-state index contributed by atoms with van der Waals surface area (Å²) in [5, 5.41) is 1.57. The molecule has 0 unspecified atom stereocenters. The Morgan fingerprint density at radius 1 is 1.57 bits per heavy atom. The van der Waals surface area contributed by atoms with E-state index >= 15 is 0 Å². The number of hydrogen-bond acceptors (Lipinski definition) is 3. The Hall–Kier alpha value is -0.100. The first-order valence-corrected chi connectivity index (χ1v) is 7.18. The van der Waals surface area contributed by atoms with Crippen molar-refractivity contribution in [3.63, 3.8) is 0 Å². The topological polar surface area (TPSA) is 37.4 Å². The lowest BCUT2D eigenvalue weighted by molar-refractivity contribution is 0.430. The van der Waals surface area contributed by atoms with Crippen molar-refractivity contribution in [1.82, 2.24) is 4.31 Å². The van der Waals surface area contributed by atoms with Crippen molar-refractivity contribution < 1.29 is 8.42 Å². The summed E-state index contributed by atoms with van der Waals surface area (Å²) >= 11 is 6.92. The minimum absolute atomic E-state index is 0.355. The number of sulfonamides is 1. The zero-order chi connectivity index (χ0) is 10.6. The summed E-state index contributed by atoms with van der Waals surface area (Å²) in [5.74, 6) is 0. The molecule has 0 aliphatic rings. The van der Waals surface area contributed by atoms with Gasteiger partial charge in [0.05, 0.1) is 0 Å². The molecule has 80 valence electrons. The predicted molar refractivity (Wildman–Crippen MR) is 60.0 cm³/mol. The van der Waals surface area contributed by atoms with Gasteiger partial charge in [0, 0.05) is 18.0 Å². The number of nitrogens with zero attached hydrogens (tertiary/aromatic N) is 1. The molecule has 14 heavy (non-hydrogen) atoms. The van der Waals surface area contributed by atoms with E-state index in [0.29, 0.717) is 13.1 Å². The van der Waals surface area contributed by atoms with Gasteiger partial charge in [-0.05, 0) is 11.4 Å². The second-order valence-corrected chi connectivity index (χ2v) is 6.31. The molecule has 6 heteroatoms. The first-order valence-electron chi connectivity index (χ1n) is 4.16. The van der Waals surface area contributed by atoms with Crippen LogP contribution in [0.25, 0.3) is 0 Å². The molecule has 0 atom stereocenters. The van der Waals surface area contributed by atoms with E-state index in [0.717, 1.165) is 4.88 Å². The first kappa shape index (κ1) is 12.0. The standard InChI is InChI=1S/C8H12ClNO2S2/c1-2-10(14(11,12)7-9)6-8-4-3-5-13-8/h3-5H,2,6-7H2,1H3. The number of alkyl halides is 1. The fourth-order valence-electron chi connectivity index (χ4n) is 1.05. The second kappa shape index (κ2) is 5.11. The summed E-state index contributed by atoms with van der Waals surface area (Å²) in [7, 11) is -3.28. The van der Waals surface area contributed by atoms with Gasteiger partial charge in [-0.3, -0.25) is 0 Å². The third-order valence-corrected chi connectivity index (χ3v) is 4.93. The van der Waals surface area contributed by atoms with Crippen LogP contribution in [0.2, 0.25) is 0 Å². The van der Waals surface area contributed by atoms with Crippen molar-refractivity contribution in [1.29, 1.82) is 0 Å². The Labute approximate surface area is 93.4 Å². The first-order chi connectivity index (χ1) is 6.60. The Morgan fingerprint density at radius 3 is 2.71 bits per heavy atom. The van der Waals surface area contributed by atoms with E-state index in [1.807, 2.05) is 17.5 Å². The summed E-state index contributed by atoms with van der Waals surface area (Å²) in [5.41, 5.74) is 0. The Balaban J connectivity index is 2.74. The largest absolute Gasteiger partial charge is 0.228 e. The van der Waals surface area contributed by atoms with Gasteiger partial charge in [-0.25, -0.2) is 8.42 Å². The molecule has 0 aliphatic heterocycles. The Bertz CT molecular complexity index is 361. The van der Waals surface area contributed by atoms with Crippen LogP contribution in [0.4, 0.5) is 0 Å². The Kier molecular flexibility index (Phi) is 4.37. The highest BCUT2D eigenvalue weighted by molar-refractivity contribution is 7.90. The SMILES string of the molecule is CCN(Cc1cccs1)S(=O)(=O)CCl. The van der Waals surface area contributed by atoms with E-state index < -0.39 is 10.0 Å². The van der Waals surface area contributed by atoms with Crippen LogP contribution >= 0.6 is 22.9 Å². The molecule has 0 saturated heterocycles. The van der Waals surface area contributed by atoms with Crippen molar-refractivity contribution in [2.24, 2.45) is 0 Å². The lowest BCUT2D eigenvalue weighted by Crippen LogP contribution is -2.30. The van der Waals surface area contributed by atoms with E-state index in [-0.39, 0.29) is 5.21 Å². The average Bonchev–Trinajstić information content (AvgIpc) is 2.66. The van der Waals surface area contributed by atoms with Gasteiger partial charge in [-0.1, -0.05) is 13.0 Å². The van der Waals surface area contributed by atoms with Crippen LogP contribution in [-0.4, -0.2) is 24.5 Å². The number of halogens is 1. The van der Waals surface area contributed by atoms with Gasteiger partial charge in [-0.15, -0.1) is 22.9 Å². The minimum atomic E-state index is -3.28. The van der Waals surface area contributed by atoms with Gasteiger partial charge in [0.1, 0.15) is 5.21 Å². The van der Waals surface area contributed by atoms with E-state index in [1.54, 1.807) is 18.3 Å². The van der Waals surface area contributed by atoms with Crippen molar-refractivity contribution in [3.8, 4) is 0 Å². The van der Waals surface area contributed by atoms with Crippen LogP contribution in [0, 0.1) is 0 Å². The van der Waals surface area contributed by atoms with E-state index in [1.165, 1.54) is 4.31 Å². The van der Waals surface area contributed by atoms with Crippen molar-refractivity contribution in [2.45, 2.75) is 13.5 Å². The molecule has 0 N–H and O–H groups in total. The maximum atomic E-state index is 11.5. The van der Waals surface area contributed by atoms with Gasteiger partial charge in [0.2, 0.25) is 10.0 Å². The molecular weight excluding hydrogens is 242 g/mol. The van der Waals surface area contributed by atoms with Crippen LogP contribution in [0.1, 0.15) is 11.8 Å². The van der Waals surface area contributed by atoms with E-state index in [2.05, 4.69) is 0 Å². The van der Waals surface area contributed by atoms with Crippen molar-refractivity contribution in [2.75, 3.05) is 11.8 Å². The lowest BCUT2D eigenvalue weighted by atomic mass is 10.4. The Morgan fingerprint density at radius 2 is 2.29 bits per heavy atom. The molecule has 0 fully saturated rings. The van der Waals surface area contributed by atoms with E-state index in [4.69, 9.17) is 11.6 Å². The zero-order valence-corrected chi connectivity index (χ0v) is 10.2. The molecule has 1 rings (SSSR count). The van der Waals surface area contributed by atoms with Crippen LogP contribution in [-0.2, 0) is 16.6 Å². The highest BCUT2D eigenvalue weighted by Crippen LogP contribution is 2.14. The second-order valence-electron chi connectivity index (χ2n) is 2.73. The molecule has 0 radical (unpaired) electrons. The molecule has 0 aliphatic carbocycles. The quantitative estimate of drug-likeness (QED) is 0.754. The minimum Gasteiger partial charge on any atom is -0.211 e. The van der Waals surface area contributed by atoms with Crippen LogP contribution in [0.15, 0.2) is 17.5 Å². The summed E-state index contributed by atoms with van der Waals surface area (Å²) < 4.78 is 24.3. The molecule has 1 heterocycles. The molecular formula is C8H12ClNO2S2. The molecule has 0 bridgehead atoms. The van der Waals surface area contributed by atoms with E-state index in [9.17, 15) is 8.42 Å². The molecule has 3 nitrogen and oxygen atoms in total. The summed E-state index contributed by atoms with van der Waals surface area (Å²) in [6, 6.07) is 3.82. The third kappa shape index (κ3) is 2.95. The molecule has 1 aromatic rings. The van der Waals surface area contributed by atoms with Gasteiger partial charge in [0.25, 0.3) is 0 Å². The highest BCUT2D eigenvalue weighted by Gasteiger charge is 2.19. The van der Waals surface area contributed by atoms with Crippen LogP contribution in [0.5, 0.6) is 0 Å². The highest BCUT2D eigenvalue weighted by atomic mass is 35.5. The van der Waals surface area contributed by atoms with Crippen LogP contribution in [0.3, 0.4) is 0 Å². The number of hydrogen-bond donors (Lipinski definition) is 0. The molecule has 0 spiro atoms. The van der Waals surface area contributed by atoms with Crippen molar-refractivity contribution in [3.05, 3.63) is 22.4 Å². The third-order valence-electron chi connectivity index (χ3n) is 1.80. The predicted octanol–water partition coefficient (Wildman–Crippen LogP) is 2.10. The molecule has 0 saturated carbocycles. The summed E-state index contributed by atoms with van der Waals surface area (Å²) in [4.78, 5) is 1.03. The lowest BCUT2D eigenvalue weighted by Gasteiger charge is -2.17. The molecule has 0 aromatic carbocycles. The fraction of sp³-hybridized carbons (Fsp3) is 0.500. The molecule has 1 aromatic heterocycles. The van der Waals surface area contributed by atoms with Crippen molar-refractivity contribution >= 4 is 33.0 Å². The maximum Gasteiger partial charge on any atom is 0.228 e. The maximum absolute atomic E-state index is 11.5. The van der Waals surface area contributed by atoms with Crippen LogP contribution < -0.4 is 0 Å². The van der Waals surface area contributed by atoms with Gasteiger partial charge >= 0.3 is 0 Å². The van der Waals surface area contributed by atoms with Gasteiger partial charge in [-0.2, -0.15) is 4.31 Å². The molecule has 0 amide bonds. The zero-order valence-electron chi connectivity index (χ0n) is 7.81. The number of thiophene rings is 1. The number of rotatable bonds is 5. The summed E-state index contributed by atoms with van der Waals surface area (Å²) in [6.45, 7) is 2.67. The average molecular weight is 254 g/mol. The fourth-order valence-corrected chi connectivity index (χ4v) is 3.13. The van der Waals surface area contributed by atoms with Gasteiger partial charge < -0.3 is 0 Å². The van der Waals surface area contributed by atoms with Gasteiger partial charge in [0.15, 0.2) is 0 Å². The monoisotopic (exact) mass is 253 g/mol. The normalized spacial score (nSPS) is 12.2. The smallest absolute Gasteiger partial charge is 0.211 e.